The number of carbonyl (C=O) groups is 1. The summed E-state index contributed by atoms with van der Waals surface area (Å²) in [5, 5.41) is 0. The van der Waals surface area contributed by atoms with Crippen LogP contribution < -0.4 is 0 Å². The molecule has 1 aromatic carbocycles. The lowest BCUT2D eigenvalue weighted by Crippen LogP contribution is -2.22. The Hall–Kier alpha value is -1.89. The Labute approximate surface area is 108 Å². The standard InChI is InChI=1S/C17H16O/c18-17-15(12-13-6-2-1-3-7-13)11-10-14-8-4-5-9-16(14)17/h1-7,9,12,14H,8,10-11H2. The van der Waals surface area contributed by atoms with Crippen LogP contribution in [0.3, 0.4) is 0 Å². The van der Waals surface area contributed by atoms with E-state index in [1.165, 1.54) is 0 Å². The molecule has 2 aliphatic rings. The third-order valence-corrected chi connectivity index (χ3v) is 3.73. The lowest BCUT2D eigenvalue weighted by molar-refractivity contribution is -0.113. The molecular weight excluding hydrogens is 220 g/mol. The monoisotopic (exact) mass is 236 g/mol. The van der Waals surface area contributed by atoms with Crippen molar-refractivity contribution in [3.05, 3.63) is 65.3 Å². The molecule has 18 heavy (non-hydrogen) atoms. The first-order chi connectivity index (χ1) is 8.84. The number of carbonyl (C=O) groups excluding carboxylic acids is 1. The maximum absolute atomic E-state index is 12.4. The van der Waals surface area contributed by atoms with Crippen LogP contribution in [0.1, 0.15) is 24.8 Å². The first kappa shape index (κ1) is 11.2. The average molecular weight is 236 g/mol. The molecule has 0 aromatic heterocycles. The number of Topliss-reactive ketones (excluding diaryl/α,β-unsaturated/α-hetero) is 1. The quantitative estimate of drug-likeness (QED) is 0.675. The summed E-state index contributed by atoms with van der Waals surface area (Å²) in [6.45, 7) is 0. The lowest BCUT2D eigenvalue weighted by Gasteiger charge is -2.26. The fourth-order valence-electron chi connectivity index (χ4n) is 2.73. The van der Waals surface area contributed by atoms with E-state index < -0.39 is 0 Å². The van der Waals surface area contributed by atoms with E-state index in [4.69, 9.17) is 0 Å². The zero-order chi connectivity index (χ0) is 12.4. The van der Waals surface area contributed by atoms with Gasteiger partial charge in [0.1, 0.15) is 0 Å². The van der Waals surface area contributed by atoms with Crippen LogP contribution in [0.2, 0.25) is 0 Å². The third kappa shape index (κ3) is 2.08. The van der Waals surface area contributed by atoms with Crippen LogP contribution >= 0.6 is 0 Å². The predicted octanol–water partition coefficient (Wildman–Crippen LogP) is 3.94. The van der Waals surface area contributed by atoms with Gasteiger partial charge < -0.3 is 0 Å². The molecule has 0 heterocycles. The van der Waals surface area contributed by atoms with Crippen LogP contribution in [0.4, 0.5) is 0 Å². The van der Waals surface area contributed by atoms with E-state index in [9.17, 15) is 4.79 Å². The summed E-state index contributed by atoms with van der Waals surface area (Å²) in [6.07, 6.45) is 11.2. The van der Waals surface area contributed by atoms with Crippen LogP contribution in [0.15, 0.2) is 59.7 Å². The van der Waals surface area contributed by atoms with Gasteiger partial charge in [0.25, 0.3) is 0 Å². The van der Waals surface area contributed by atoms with Crippen LogP contribution in [0.5, 0.6) is 0 Å². The number of fused-ring (bicyclic) bond motifs is 1. The highest BCUT2D eigenvalue weighted by molar-refractivity contribution is 6.12. The van der Waals surface area contributed by atoms with E-state index in [0.29, 0.717) is 5.92 Å². The SMILES string of the molecule is O=C1C(=Cc2ccccc2)CCC2CC=CC=C12. The van der Waals surface area contributed by atoms with Crippen LogP contribution in [-0.2, 0) is 4.79 Å². The Morgan fingerprint density at radius 3 is 2.83 bits per heavy atom. The Kier molecular flexibility index (Phi) is 2.97. The highest BCUT2D eigenvalue weighted by Crippen LogP contribution is 2.35. The van der Waals surface area contributed by atoms with Gasteiger partial charge in [0.2, 0.25) is 0 Å². The second kappa shape index (κ2) is 4.77. The smallest absolute Gasteiger partial charge is 0.185 e. The van der Waals surface area contributed by atoms with Gasteiger partial charge in [-0.05, 0) is 36.8 Å². The van der Waals surface area contributed by atoms with E-state index in [-0.39, 0.29) is 5.78 Å². The van der Waals surface area contributed by atoms with E-state index in [0.717, 1.165) is 36.0 Å². The number of rotatable bonds is 1. The maximum atomic E-state index is 12.4. The summed E-state index contributed by atoms with van der Waals surface area (Å²) in [5.74, 6) is 0.704. The van der Waals surface area contributed by atoms with Crippen molar-refractivity contribution >= 4 is 11.9 Å². The average Bonchev–Trinajstić information content (AvgIpc) is 2.43. The molecule has 90 valence electrons. The van der Waals surface area contributed by atoms with E-state index in [1.807, 2.05) is 48.6 Å². The Balaban J connectivity index is 1.91. The second-order valence-electron chi connectivity index (χ2n) is 4.93. The van der Waals surface area contributed by atoms with E-state index in [2.05, 4.69) is 6.08 Å². The third-order valence-electron chi connectivity index (χ3n) is 3.73. The Bertz CT molecular complexity index is 546. The number of hydrogen-bond acceptors (Lipinski definition) is 1. The van der Waals surface area contributed by atoms with Crippen molar-refractivity contribution < 1.29 is 4.79 Å². The van der Waals surface area contributed by atoms with Gasteiger partial charge in [0.05, 0.1) is 0 Å². The number of benzene rings is 1. The van der Waals surface area contributed by atoms with E-state index >= 15 is 0 Å². The minimum Gasteiger partial charge on any atom is -0.289 e. The molecule has 0 spiro atoms. The molecule has 0 bridgehead atoms. The Morgan fingerprint density at radius 1 is 1.17 bits per heavy atom. The van der Waals surface area contributed by atoms with Crippen molar-refractivity contribution in [3.8, 4) is 0 Å². The molecule has 1 unspecified atom stereocenters. The summed E-state index contributed by atoms with van der Waals surface area (Å²) in [7, 11) is 0. The van der Waals surface area contributed by atoms with Crippen molar-refractivity contribution in [1.82, 2.24) is 0 Å². The van der Waals surface area contributed by atoms with Crippen molar-refractivity contribution in [2.75, 3.05) is 0 Å². The molecule has 0 saturated heterocycles. The molecule has 1 fully saturated rings. The molecule has 1 nitrogen and oxygen atoms in total. The molecule has 0 amide bonds. The fraction of sp³-hybridized carbons (Fsp3) is 0.235. The summed E-state index contributed by atoms with van der Waals surface area (Å²) in [5.41, 5.74) is 3.08. The van der Waals surface area contributed by atoms with Crippen molar-refractivity contribution in [1.29, 1.82) is 0 Å². The zero-order valence-corrected chi connectivity index (χ0v) is 10.3. The number of allylic oxidation sites excluding steroid dienone is 5. The molecule has 1 atom stereocenters. The highest BCUT2D eigenvalue weighted by atomic mass is 16.1. The number of ketones is 1. The molecular formula is C17H16O. The van der Waals surface area contributed by atoms with Gasteiger partial charge in [-0.2, -0.15) is 0 Å². The maximum Gasteiger partial charge on any atom is 0.185 e. The van der Waals surface area contributed by atoms with Gasteiger partial charge in [-0.1, -0.05) is 48.6 Å². The highest BCUT2D eigenvalue weighted by Gasteiger charge is 2.28. The van der Waals surface area contributed by atoms with Crippen molar-refractivity contribution in [2.45, 2.75) is 19.3 Å². The minimum atomic E-state index is 0.249. The normalized spacial score (nSPS) is 24.9. The van der Waals surface area contributed by atoms with Crippen LogP contribution in [0.25, 0.3) is 6.08 Å². The molecule has 1 heteroatoms. The second-order valence-corrected chi connectivity index (χ2v) is 4.93. The van der Waals surface area contributed by atoms with Gasteiger partial charge in [0.15, 0.2) is 5.78 Å². The first-order valence-electron chi connectivity index (χ1n) is 6.51. The summed E-state index contributed by atoms with van der Waals surface area (Å²) in [6, 6.07) is 10.1. The van der Waals surface area contributed by atoms with Crippen molar-refractivity contribution in [3.63, 3.8) is 0 Å². The largest absolute Gasteiger partial charge is 0.289 e. The molecule has 1 aromatic rings. The molecule has 0 aliphatic heterocycles. The topological polar surface area (TPSA) is 17.1 Å². The molecule has 1 saturated carbocycles. The molecule has 0 radical (unpaired) electrons. The predicted molar refractivity (Wildman–Crippen MR) is 74.0 cm³/mol. The number of hydrogen-bond donors (Lipinski definition) is 0. The summed E-state index contributed by atoms with van der Waals surface area (Å²) < 4.78 is 0. The van der Waals surface area contributed by atoms with Crippen LogP contribution in [-0.4, -0.2) is 5.78 Å². The molecule has 2 aliphatic carbocycles. The fourth-order valence-corrected chi connectivity index (χ4v) is 2.73. The van der Waals surface area contributed by atoms with Crippen LogP contribution in [0, 0.1) is 5.92 Å². The van der Waals surface area contributed by atoms with E-state index in [1.54, 1.807) is 0 Å². The first-order valence-corrected chi connectivity index (χ1v) is 6.51. The zero-order valence-electron chi connectivity index (χ0n) is 10.3. The molecule has 3 rings (SSSR count). The Morgan fingerprint density at radius 2 is 2.00 bits per heavy atom. The van der Waals surface area contributed by atoms with Gasteiger partial charge in [-0.3, -0.25) is 4.79 Å². The summed E-state index contributed by atoms with van der Waals surface area (Å²) >= 11 is 0. The summed E-state index contributed by atoms with van der Waals surface area (Å²) in [4.78, 5) is 12.4. The van der Waals surface area contributed by atoms with Gasteiger partial charge >= 0.3 is 0 Å². The lowest BCUT2D eigenvalue weighted by atomic mass is 9.76. The minimum absolute atomic E-state index is 0.249. The van der Waals surface area contributed by atoms with Crippen molar-refractivity contribution in [2.24, 2.45) is 5.92 Å². The van der Waals surface area contributed by atoms with Gasteiger partial charge in [-0.25, -0.2) is 0 Å². The molecule has 0 N–H and O–H groups in total. The van der Waals surface area contributed by atoms with Gasteiger partial charge in [-0.15, -0.1) is 0 Å². The van der Waals surface area contributed by atoms with Gasteiger partial charge in [0, 0.05) is 11.1 Å².